The average Bonchev–Trinajstić information content (AvgIpc) is 2.89. The topological polar surface area (TPSA) is 45.5 Å². The molecule has 0 radical (unpaired) electrons. The van der Waals surface area contributed by atoms with E-state index in [1.807, 2.05) is 25.1 Å². The highest BCUT2D eigenvalue weighted by Crippen LogP contribution is 2.32. The normalized spacial score (nSPS) is 16.7. The van der Waals surface area contributed by atoms with E-state index < -0.39 is 0 Å². The Hall–Kier alpha value is -1.04. The van der Waals surface area contributed by atoms with E-state index in [9.17, 15) is 4.79 Å². The molecule has 0 aliphatic heterocycles. The van der Waals surface area contributed by atoms with Crippen LogP contribution in [0.1, 0.15) is 48.2 Å². The lowest BCUT2D eigenvalue weighted by molar-refractivity contribution is 0.0780. The van der Waals surface area contributed by atoms with Crippen molar-refractivity contribution < 1.29 is 9.21 Å². The van der Waals surface area contributed by atoms with Crippen LogP contribution in [0.4, 0.5) is 0 Å². The van der Waals surface area contributed by atoms with E-state index in [0.29, 0.717) is 12.3 Å². The fraction of sp³-hybridized carbons (Fsp3) is 0.526. The van der Waals surface area contributed by atoms with Crippen molar-refractivity contribution in [2.45, 2.75) is 44.6 Å². The fourth-order valence-corrected chi connectivity index (χ4v) is 4.07. The summed E-state index contributed by atoms with van der Waals surface area (Å²) in [4.78, 5) is 15.0. The summed E-state index contributed by atoms with van der Waals surface area (Å²) in [5, 5.41) is 4.11. The molecule has 0 unspecified atom stereocenters. The number of fused-ring (bicyclic) bond motifs is 1. The Bertz CT molecular complexity index is 751. The molecule has 1 N–H and O–H groups in total. The molecule has 1 amide bonds. The third kappa shape index (κ3) is 4.04. The van der Waals surface area contributed by atoms with E-state index in [1.165, 1.54) is 19.3 Å². The largest absolute Gasteiger partial charge is 0.451 e. The first-order valence-corrected chi connectivity index (χ1v) is 9.36. The molecule has 2 aromatic rings. The molecule has 1 heterocycles. The van der Waals surface area contributed by atoms with Crippen LogP contribution in [0.3, 0.4) is 0 Å². The lowest BCUT2D eigenvalue weighted by Gasteiger charge is -2.43. The molecule has 1 aliphatic rings. The lowest BCUT2D eigenvalue weighted by Crippen LogP contribution is -2.53. The molecule has 4 nitrogen and oxygen atoms in total. The molecule has 3 rings (SSSR count). The highest BCUT2D eigenvalue weighted by Gasteiger charge is 2.35. The number of nitrogens with one attached hydrogen (secondary N) is 1. The number of amides is 1. The third-order valence-electron chi connectivity index (χ3n) is 5.42. The van der Waals surface area contributed by atoms with Gasteiger partial charge in [-0.15, -0.1) is 12.4 Å². The fourth-order valence-electron chi connectivity index (χ4n) is 3.73. The molecule has 0 spiro atoms. The van der Waals surface area contributed by atoms with Crippen molar-refractivity contribution in [2.24, 2.45) is 0 Å². The molecule has 1 fully saturated rings. The highest BCUT2D eigenvalue weighted by atomic mass is 79.9. The zero-order valence-electron chi connectivity index (χ0n) is 15.0. The van der Waals surface area contributed by atoms with Crippen molar-refractivity contribution in [3.8, 4) is 0 Å². The van der Waals surface area contributed by atoms with E-state index >= 15 is 0 Å². The van der Waals surface area contributed by atoms with Gasteiger partial charge in [-0.2, -0.15) is 0 Å². The summed E-state index contributed by atoms with van der Waals surface area (Å²) >= 11 is 3.44. The SMILES string of the molecule is Cc1c(C(=O)NCC2(N(C)C)CCCCC2)oc2cc(Br)ccc12.Cl. The van der Waals surface area contributed by atoms with Gasteiger partial charge in [0.05, 0.1) is 0 Å². The van der Waals surface area contributed by atoms with Gasteiger partial charge in [0.25, 0.3) is 5.91 Å². The summed E-state index contributed by atoms with van der Waals surface area (Å²) in [6, 6.07) is 5.86. The van der Waals surface area contributed by atoms with Gasteiger partial charge in [-0.3, -0.25) is 4.79 Å². The maximum atomic E-state index is 12.7. The van der Waals surface area contributed by atoms with Gasteiger partial charge in [0.1, 0.15) is 5.58 Å². The average molecular weight is 430 g/mol. The maximum absolute atomic E-state index is 12.7. The Balaban J connectivity index is 0.00000225. The maximum Gasteiger partial charge on any atom is 0.287 e. The number of halogens is 2. The number of carbonyl (C=O) groups is 1. The number of hydrogen-bond acceptors (Lipinski definition) is 3. The standard InChI is InChI=1S/C19H25BrN2O2.ClH/c1-13-15-8-7-14(20)11-16(15)24-17(13)18(23)21-12-19(22(2)3)9-5-4-6-10-19;/h7-8,11H,4-6,9-10,12H2,1-3H3,(H,21,23);1H. The molecule has 1 aliphatic carbocycles. The first-order chi connectivity index (χ1) is 11.4. The molecule has 1 aromatic heterocycles. The number of carbonyl (C=O) groups excluding carboxylic acids is 1. The third-order valence-corrected chi connectivity index (χ3v) is 5.91. The second-order valence-electron chi connectivity index (χ2n) is 7.06. The van der Waals surface area contributed by atoms with E-state index in [1.54, 1.807) is 0 Å². The minimum absolute atomic E-state index is 0. The second kappa shape index (κ2) is 8.11. The van der Waals surface area contributed by atoms with Crippen LogP contribution in [0.5, 0.6) is 0 Å². The van der Waals surface area contributed by atoms with Crippen molar-refractivity contribution in [1.29, 1.82) is 0 Å². The molecule has 1 saturated carbocycles. The van der Waals surface area contributed by atoms with Gasteiger partial charge in [0.2, 0.25) is 0 Å². The van der Waals surface area contributed by atoms with Crippen molar-refractivity contribution in [1.82, 2.24) is 10.2 Å². The summed E-state index contributed by atoms with van der Waals surface area (Å²) in [5.41, 5.74) is 1.71. The number of rotatable bonds is 4. The minimum Gasteiger partial charge on any atom is -0.451 e. The molecule has 1 aromatic carbocycles. The molecule has 138 valence electrons. The van der Waals surface area contributed by atoms with Crippen LogP contribution in [-0.2, 0) is 0 Å². The van der Waals surface area contributed by atoms with E-state index in [0.717, 1.165) is 33.8 Å². The molecule has 6 heteroatoms. The number of hydrogen-bond donors (Lipinski definition) is 1. The Labute approximate surface area is 163 Å². The molecule has 0 saturated heterocycles. The monoisotopic (exact) mass is 428 g/mol. The molecular formula is C19H26BrClN2O2. The zero-order valence-corrected chi connectivity index (χ0v) is 17.4. The van der Waals surface area contributed by atoms with Gasteiger partial charge in [-0.1, -0.05) is 35.2 Å². The molecule has 0 bridgehead atoms. The number of furan rings is 1. The number of aryl methyl sites for hydroxylation is 1. The van der Waals surface area contributed by atoms with Crippen molar-refractivity contribution in [3.63, 3.8) is 0 Å². The van der Waals surface area contributed by atoms with Crippen molar-refractivity contribution in [3.05, 3.63) is 34.0 Å². The first-order valence-electron chi connectivity index (χ1n) is 8.57. The zero-order chi connectivity index (χ0) is 17.3. The van der Waals surface area contributed by atoms with Gasteiger partial charge >= 0.3 is 0 Å². The van der Waals surface area contributed by atoms with E-state index in [4.69, 9.17) is 4.42 Å². The van der Waals surface area contributed by atoms with Gasteiger partial charge < -0.3 is 14.6 Å². The predicted molar refractivity (Wildman–Crippen MR) is 108 cm³/mol. The molecular weight excluding hydrogens is 404 g/mol. The van der Waals surface area contributed by atoms with Gasteiger partial charge in [-0.05, 0) is 52.1 Å². The Kier molecular flexibility index (Phi) is 6.57. The van der Waals surface area contributed by atoms with Gasteiger partial charge in [-0.25, -0.2) is 0 Å². The summed E-state index contributed by atoms with van der Waals surface area (Å²) < 4.78 is 6.77. The quantitative estimate of drug-likeness (QED) is 0.750. The molecule has 0 atom stereocenters. The van der Waals surface area contributed by atoms with Crippen molar-refractivity contribution >= 4 is 45.2 Å². The van der Waals surface area contributed by atoms with Crippen LogP contribution >= 0.6 is 28.3 Å². The lowest BCUT2D eigenvalue weighted by atomic mass is 9.80. The summed E-state index contributed by atoms with van der Waals surface area (Å²) in [7, 11) is 4.23. The smallest absolute Gasteiger partial charge is 0.287 e. The Morgan fingerprint density at radius 2 is 1.96 bits per heavy atom. The van der Waals surface area contributed by atoms with E-state index in [-0.39, 0.29) is 23.9 Å². The van der Waals surface area contributed by atoms with Crippen LogP contribution in [-0.4, -0.2) is 37.0 Å². The first kappa shape index (κ1) is 20.3. The van der Waals surface area contributed by atoms with Crippen LogP contribution in [0.25, 0.3) is 11.0 Å². The van der Waals surface area contributed by atoms with E-state index in [2.05, 4.69) is 40.2 Å². The van der Waals surface area contributed by atoms with Crippen LogP contribution in [0.2, 0.25) is 0 Å². The van der Waals surface area contributed by atoms with Gasteiger partial charge in [0, 0.05) is 27.5 Å². The summed E-state index contributed by atoms with van der Waals surface area (Å²) in [6.07, 6.45) is 6.01. The predicted octanol–water partition coefficient (Wildman–Crippen LogP) is 4.92. The Morgan fingerprint density at radius 3 is 2.60 bits per heavy atom. The minimum atomic E-state index is -0.119. The Morgan fingerprint density at radius 1 is 1.28 bits per heavy atom. The summed E-state index contributed by atoms with van der Waals surface area (Å²) in [6.45, 7) is 2.61. The van der Waals surface area contributed by atoms with Crippen LogP contribution in [0.15, 0.2) is 27.1 Å². The van der Waals surface area contributed by atoms with Crippen LogP contribution < -0.4 is 5.32 Å². The second-order valence-corrected chi connectivity index (χ2v) is 7.97. The summed E-state index contributed by atoms with van der Waals surface area (Å²) in [5.74, 6) is 0.305. The number of likely N-dealkylation sites (N-methyl/N-ethyl adjacent to an activating group) is 1. The van der Waals surface area contributed by atoms with Crippen molar-refractivity contribution in [2.75, 3.05) is 20.6 Å². The molecule has 25 heavy (non-hydrogen) atoms. The number of nitrogens with zero attached hydrogens (tertiary/aromatic N) is 1. The number of benzene rings is 1. The highest BCUT2D eigenvalue weighted by molar-refractivity contribution is 9.10. The van der Waals surface area contributed by atoms with Crippen LogP contribution in [0, 0.1) is 6.92 Å². The van der Waals surface area contributed by atoms with Gasteiger partial charge in [0.15, 0.2) is 5.76 Å².